The van der Waals surface area contributed by atoms with Crippen LogP contribution in [-0.2, 0) is 30.5 Å². The first-order chi connectivity index (χ1) is 10.4. The van der Waals surface area contributed by atoms with Crippen molar-refractivity contribution in [3.05, 3.63) is 17.8 Å². The zero-order chi connectivity index (χ0) is 17.8. The Morgan fingerprint density at radius 2 is 1.96 bits per heavy atom. The van der Waals surface area contributed by atoms with Gasteiger partial charge in [0.15, 0.2) is 9.84 Å². The molecule has 1 atom stereocenters. The summed E-state index contributed by atoms with van der Waals surface area (Å²) in [5, 5.41) is 2.46. The lowest BCUT2D eigenvalue weighted by atomic mass is 10.1. The molecule has 1 amide bonds. The molecule has 1 aromatic heterocycles. The minimum Gasteiger partial charge on any atom is -0.467 e. The lowest BCUT2D eigenvalue weighted by Gasteiger charge is -2.22. The fourth-order valence-electron chi connectivity index (χ4n) is 1.77. The number of rotatable bonds is 5. The van der Waals surface area contributed by atoms with Gasteiger partial charge in [-0.25, -0.2) is 18.0 Å². The van der Waals surface area contributed by atoms with Crippen LogP contribution >= 0.6 is 0 Å². The first-order valence-corrected chi connectivity index (χ1v) is 8.76. The van der Waals surface area contributed by atoms with Crippen LogP contribution < -0.4 is 5.32 Å². The average molecular weight is 346 g/mol. The predicted molar refractivity (Wildman–Crippen MR) is 82.8 cm³/mol. The van der Waals surface area contributed by atoms with E-state index in [-0.39, 0.29) is 11.4 Å². The van der Waals surface area contributed by atoms with Crippen LogP contribution in [0.25, 0.3) is 0 Å². The number of aromatic nitrogens is 1. The zero-order valence-electron chi connectivity index (χ0n) is 13.8. The highest BCUT2D eigenvalue weighted by Gasteiger charge is 2.26. The van der Waals surface area contributed by atoms with E-state index >= 15 is 0 Å². The van der Waals surface area contributed by atoms with Crippen LogP contribution in [0.15, 0.2) is 17.3 Å². The Labute approximate surface area is 135 Å². The van der Waals surface area contributed by atoms with Crippen molar-refractivity contribution in [3.63, 3.8) is 0 Å². The molecule has 9 heteroatoms. The number of H-pyrrole nitrogens is 1. The summed E-state index contributed by atoms with van der Waals surface area (Å²) >= 11 is 0. The van der Waals surface area contributed by atoms with E-state index in [1.165, 1.54) is 19.4 Å². The molecule has 1 rings (SSSR count). The zero-order valence-corrected chi connectivity index (χ0v) is 14.6. The number of esters is 1. The van der Waals surface area contributed by atoms with Crippen molar-refractivity contribution < 1.29 is 27.5 Å². The number of hydrogen-bond donors (Lipinski definition) is 2. The minimum absolute atomic E-state index is 0.0355. The molecule has 23 heavy (non-hydrogen) atoms. The summed E-state index contributed by atoms with van der Waals surface area (Å²) in [4.78, 5) is 26.2. The Kier molecular flexibility index (Phi) is 5.81. The Morgan fingerprint density at radius 3 is 2.39 bits per heavy atom. The van der Waals surface area contributed by atoms with Crippen molar-refractivity contribution in [2.45, 2.75) is 43.9 Å². The molecule has 0 unspecified atom stereocenters. The van der Waals surface area contributed by atoms with Crippen LogP contribution in [0.1, 0.15) is 26.3 Å². The second-order valence-corrected chi connectivity index (χ2v) is 8.05. The van der Waals surface area contributed by atoms with Gasteiger partial charge in [0.1, 0.15) is 16.7 Å². The number of hydrogen-bond acceptors (Lipinski definition) is 6. The molecule has 0 saturated heterocycles. The van der Waals surface area contributed by atoms with Gasteiger partial charge in [-0.15, -0.1) is 0 Å². The van der Waals surface area contributed by atoms with Crippen LogP contribution in [-0.4, -0.2) is 50.5 Å². The van der Waals surface area contributed by atoms with Gasteiger partial charge in [-0.05, 0) is 32.4 Å². The fraction of sp³-hybridized carbons (Fsp3) is 0.571. The van der Waals surface area contributed by atoms with E-state index in [9.17, 15) is 18.0 Å². The highest BCUT2D eigenvalue weighted by Crippen LogP contribution is 2.13. The Morgan fingerprint density at radius 1 is 1.35 bits per heavy atom. The fourth-order valence-corrected chi connectivity index (χ4v) is 2.41. The SMILES string of the molecule is COC(=O)[C@H](Cc1c[nH]c(S(C)(=O)=O)c1)NC(=O)OC(C)(C)C. The van der Waals surface area contributed by atoms with E-state index in [0.717, 1.165) is 6.26 Å². The standard InChI is InChI=1S/C14H22N2O6S/c1-14(2,3)22-13(18)16-10(12(17)21-4)6-9-7-11(15-8-9)23(5,19)20/h7-8,10,15H,6H2,1-5H3,(H,16,18)/t10-/m0/s1. The van der Waals surface area contributed by atoms with Crippen molar-refractivity contribution in [2.24, 2.45) is 0 Å². The van der Waals surface area contributed by atoms with Crippen molar-refractivity contribution in [3.8, 4) is 0 Å². The molecular weight excluding hydrogens is 324 g/mol. The number of methoxy groups -OCH3 is 1. The monoisotopic (exact) mass is 346 g/mol. The van der Waals surface area contributed by atoms with Crippen molar-refractivity contribution in [2.75, 3.05) is 13.4 Å². The summed E-state index contributed by atoms with van der Waals surface area (Å²) in [7, 11) is -2.17. The van der Waals surface area contributed by atoms with Gasteiger partial charge in [0.25, 0.3) is 0 Å². The molecule has 0 aliphatic heterocycles. The van der Waals surface area contributed by atoms with Gasteiger partial charge in [0, 0.05) is 18.9 Å². The van der Waals surface area contributed by atoms with Crippen LogP contribution in [0, 0.1) is 0 Å². The van der Waals surface area contributed by atoms with Gasteiger partial charge in [-0.3, -0.25) is 0 Å². The second kappa shape index (κ2) is 7.03. The molecule has 0 aliphatic rings. The average Bonchev–Trinajstić information content (AvgIpc) is 2.83. The van der Waals surface area contributed by atoms with Gasteiger partial charge in [-0.1, -0.05) is 0 Å². The van der Waals surface area contributed by atoms with Gasteiger partial charge in [0.05, 0.1) is 7.11 Å². The van der Waals surface area contributed by atoms with Crippen molar-refractivity contribution in [1.82, 2.24) is 10.3 Å². The molecule has 130 valence electrons. The third-order valence-electron chi connectivity index (χ3n) is 2.73. The maximum atomic E-state index is 11.8. The van der Waals surface area contributed by atoms with Crippen LogP contribution in [0.2, 0.25) is 0 Å². The van der Waals surface area contributed by atoms with Crippen LogP contribution in [0.4, 0.5) is 4.79 Å². The quantitative estimate of drug-likeness (QED) is 0.770. The number of carbonyl (C=O) groups excluding carboxylic acids is 2. The molecule has 2 N–H and O–H groups in total. The Hall–Kier alpha value is -2.03. The first kappa shape index (κ1) is 19.0. The smallest absolute Gasteiger partial charge is 0.408 e. The number of carbonyl (C=O) groups is 2. The van der Waals surface area contributed by atoms with Crippen molar-refractivity contribution in [1.29, 1.82) is 0 Å². The maximum Gasteiger partial charge on any atom is 0.408 e. The van der Waals surface area contributed by atoms with E-state index in [4.69, 9.17) is 4.74 Å². The molecule has 0 aromatic carbocycles. The number of sulfone groups is 1. The summed E-state index contributed by atoms with van der Waals surface area (Å²) in [6.07, 6.45) is 1.84. The largest absolute Gasteiger partial charge is 0.467 e. The lowest BCUT2D eigenvalue weighted by molar-refractivity contribution is -0.143. The predicted octanol–water partition coefficient (Wildman–Crippen LogP) is 1.03. The highest BCUT2D eigenvalue weighted by molar-refractivity contribution is 7.90. The molecule has 0 spiro atoms. The molecule has 0 radical (unpaired) electrons. The van der Waals surface area contributed by atoms with E-state index in [1.807, 2.05) is 0 Å². The molecule has 1 aromatic rings. The summed E-state index contributed by atoms with van der Waals surface area (Å²) < 4.78 is 32.6. The second-order valence-electron chi connectivity index (χ2n) is 6.07. The summed E-state index contributed by atoms with van der Waals surface area (Å²) in [6.45, 7) is 5.10. The number of nitrogens with one attached hydrogen (secondary N) is 2. The summed E-state index contributed by atoms with van der Waals surface area (Å²) in [5.41, 5.74) is -0.167. The van der Waals surface area contributed by atoms with Crippen LogP contribution in [0.5, 0.6) is 0 Å². The lowest BCUT2D eigenvalue weighted by Crippen LogP contribution is -2.45. The van der Waals surface area contributed by atoms with Crippen molar-refractivity contribution >= 4 is 21.9 Å². The number of aromatic amines is 1. The van der Waals surface area contributed by atoms with Gasteiger partial charge in [-0.2, -0.15) is 0 Å². The van der Waals surface area contributed by atoms with E-state index in [1.54, 1.807) is 20.8 Å². The third kappa shape index (κ3) is 6.31. The topological polar surface area (TPSA) is 115 Å². The van der Waals surface area contributed by atoms with E-state index < -0.39 is 33.5 Å². The molecular formula is C14H22N2O6S. The molecule has 0 fully saturated rings. The molecule has 0 bridgehead atoms. The minimum atomic E-state index is -3.37. The van der Waals surface area contributed by atoms with E-state index in [0.29, 0.717) is 5.56 Å². The normalized spacial score (nSPS) is 13.3. The number of alkyl carbamates (subject to hydrolysis) is 1. The van der Waals surface area contributed by atoms with Gasteiger partial charge < -0.3 is 19.8 Å². The molecule has 8 nitrogen and oxygen atoms in total. The Bertz CT molecular complexity index is 672. The summed E-state index contributed by atoms with van der Waals surface area (Å²) in [5.74, 6) is -0.655. The summed E-state index contributed by atoms with van der Waals surface area (Å²) in [6, 6.07) is 0.417. The van der Waals surface area contributed by atoms with Gasteiger partial charge in [0.2, 0.25) is 0 Å². The van der Waals surface area contributed by atoms with Gasteiger partial charge >= 0.3 is 12.1 Å². The Balaban J connectivity index is 2.85. The molecule has 0 saturated carbocycles. The maximum absolute atomic E-state index is 11.8. The number of amides is 1. The molecule has 0 aliphatic carbocycles. The van der Waals surface area contributed by atoms with Crippen LogP contribution in [0.3, 0.4) is 0 Å². The van der Waals surface area contributed by atoms with E-state index in [2.05, 4.69) is 15.0 Å². The highest BCUT2D eigenvalue weighted by atomic mass is 32.2. The molecule has 1 heterocycles. The third-order valence-corrected chi connectivity index (χ3v) is 3.77. The number of ether oxygens (including phenoxy) is 2. The first-order valence-electron chi connectivity index (χ1n) is 6.87.